The van der Waals surface area contributed by atoms with Gasteiger partial charge < -0.3 is 10.3 Å². The molecule has 0 bridgehead atoms. The number of rotatable bonds is 6. The zero-order valence-corrected chi connectivity index (χ0v) is 20.3. The topological polar surface area (TPSA) is 74.8 Å². The van der Waals surface area contributed by atoms with E-state index in [2.05, 4.69) is 15.3 Å². The van der Waals surface area contributed by atoms with Crippen molar-refractivity contribution in [3.05, 3.63) is 74.3 Å². The van der Waals surface area contributed by atoms with Gasteiger partial charge in [0.2, 0.25) is 5.91 Å². The van der Waals surface area contributed by atoms with Gasteiger partial charge in [0, 0.05) is 21.7 Å². The lowest BCUT2D eigenvalue weighted by Gasteiger charge is -2.15. The van der Waals surface area contributed by atoms with Crippen LogP contribution in [0.15, 0.2) is 57.8 Å². The number of benzene rings is 2. The molecule has 0 spiro atoms. The highest BCUT2D eigenvalue weighted by Gasteiger charge is 2.21. The second-order valence-corrected chi connectivity index (χ2v) is 10.0. The van der Waals surface area contributed by atoms with E-state index in [0.717, 1.165) is 22.3 Å². The van der Waals surface area contributed by atoms with E-state index in [-0.39, 0.29) is 11.5 Å². The molecule has 1 unspecified atom stereocenters. The summed E-state index contributed by atoms with van der Waals surface area (Å²) in [5, 5.41) is 6.06. The van der Waals surface area contributed by atoms with Gasteiger partial charge in [-0.2, -0.15) is 0 Å². The Bertz CT molecular complexity index is 1350. The molecule has 164 valence electrons. The van der Waals surface area contributed by atoms with Crippen LogP contribution < -0.4 is 10.9 Å². The lowest BCUT2D eigenvalue weighted by molar-refractivity contribution is -0.115. The van der Waals surface area contributed by atoms with Crippen molar-refractivity contribution < 1.29 is 4.79 Å². The third-order valence-corrected chi connectivity index (χ3v) is 7.52. The van der Waals surface area contributed by atoms with Gasteiger partial charge in [-0.3, -0.25) is 9.59 Å². The van der Waals surface area contributed by atoms with Gasteiger partial charge in [0.1, 0.15) is 4.83 Å². The molecule has 0 aliphatic carbocycles. The first kappa shape index (κ1) is 22.6. The Hall–Kier alpha value is -2.61. The van der Waals surface area contributed by atoms with E-state index in [0.29, 0.717) is 32.5 Å². The predicted molar refractivity (Wildman–Crippen MR) is 135 cm³/mol. The van der Waals surface area contributed by atoms with Crippen molar-refractivity contribution in [2.75, 3.05) is 5.32 Å². The summed E-state index contributed by atoms with van der Waals surface area (Å²) in [6.07, 6.45) is 0.580. The largest absolute Gasteiger partial charge is 0.325 e. The zero-order valence-electron chi connectivity index (χ0n) is 17.9. The highest BCUT2D eigenvalue weighted by molar-refractivity contribution is 8.00. The van der Waals surface area contributed by atoms with E-state index in [1.54, 1.807) is 12.1 Å². The number of aromatic nitrogens is 2. The quantitative estimate of drug-likeness (QED) is 0.245. The van der Waals surface area contributed by atoms with Crippen molar-refractivity contribution in [3.8, 4) is 11.1 Å². The van der Waals surface area contributed by atoms with Crippen LogP contribution in [0.2, 0.25) is 5.02 Å². The summed E-state index contributed by atoms with van der Waals surface area (Å²) in [4.78, 5) is 34.0. The molecule has 8 heteroatoms. The Balaban J connectivity index is 1.59. The summed E-state index contributed by atoms with van der Waals surface area (Å²) in [5.74, 6) is -0.155. The first-order valence-corrected chi connectivity index (χ1v) is 12.3. The maximum absolute atomic E-state index is 12.9. The molecule has 2 N–H and O–H groups in total. The number of thioether (sulfide) groups is 1. The third-order valence-electron chi connectivity index (χ3n) is 5.16. The molecule has 1 amide bonds. The molecule has 0 saturated heterocycles. The number of carbonyl (C=O) groups excluding carboxylic acids is 1. The first-order valence-electron chi connectivity index (χ1n) is 10.2. The van der Waals surface area contributed by atoms with Crippen LogP contribution in [-0.2, 0) is 4.79 Å². The highest BCUT2D eigenvalue weighted by atomic mass is 35.5. The number of halogens is 1. The number of aryl methyl sites for hydroxylation is 2. The van der Waals surface area contributed by atoms with Gasteiger partial charge >= 0.3 is 0 Å². The van der Waals surface area contributed by atoms with E-state index in [4.69, 9.17) is 11.6 Å². The molecule has 0 aliphatic rings. The molecule has 1 atom stereocenters. The molecule has 2 aromatic carbocycles. The summed E-state index contributed by atoms with van der Waals surface area (Å²) in [5.41, 5.74) is 4.43. The van der Waals surface area contributed by atoms with Crippen LogP contribution in [0.4, 0.5) is 5.69 Å². The minimum atomic E-state index is -0.412. The third kappa shape index (κ3) is 4.75. The van der Waals surface area contributed by atoms with Crippen molar-refractivity contribution in [3.63, 3.8) is 0 Å². The number of nitrogens with one attached hydrogen (secondary N) is 2. The van der Waals surface area contributed by atoms with Crippen LogP contribution in [0.3, 0.4) is 0 Å². The smallest absolute Gasteiger partial charge is 0.260 e. The number of nitrogens with zero attached hydrogens (tertiary/aromatic N) is 1. The van der Waals surface area contributed by atoms with Crippen molar-refractivity contribution in [2.24, 2.45) is 0 Å². The van der Waals surface area contributed by atoms with Crippen LogP contribution in [0, 0.1) is 13.8 Å². The predicted octanol–water partition coefficient (Wildman–Crippen LogP) is 6.43. The highest BCUT2D eigenvalue weighted by Crippen LogP contribution is 2.33. The van der Waals surface area contributed by atoms with Gasteiger partial charge in [-0.1, -0.05) is 66.2 Å². The minimum absolute atomic E-state index is 0.155. The molecule has 0 fully saturated rings. The Labute approximate surface area is 199 Å². The molecular weight excluding hydrogens is 462 g/mol. The second kappa shape index (κ2) is 9.48. The molecule has 2 heterocycles. The van der Waals surface area contributed by atoms with Gasteiger partial charge in [0.05, 0.1) is 10.6 Å². The molecule has 0 aliphatic heterocycles. The van der Waals surface area contributed by atoms with Gasteiger partial charge in [0.25, 0.3) is 5.56 Å². The Morgan fingerprint density at radius 1 is 1.22 bits per heavy atom. The fourth-order valence-electron chi connectivity index (χ4n) is 3.33. The number of hydrogen-bond acceptors (Lipinski definition) is 5. The number of anilines is 1. The number of hydrogen-bond donors (Lipinski definition) is 2. The van der Waals surface area contributed by atoms with E-state index in [9.17, 15) is 9.59 Å². The molecule has 4 aromatic rings. The summed E-state index contributed by atoms with van der Waals surface area (Å²) >= 11 is 8.75. The van der Waals surface area contributed by atoms with Crippen LogP contribution in [0.1, 0.15) is 24.5 Å². The summed E-state index contributed by atoms with van der Waals surface area (Å²) in [6, 6.07) is 13.4. The normalized spacial score (nSPS) is 12.1. The monoisotopic (exact) mass is 483 g/mol. The number of amides is 1. The lowest BCUT2D eigenvalue weighted by Crippen LogP contribution is -2.25. The molecular formula is C24H22ClN3O2S2. The average molecular weight is 484 g/mol. The van der Waals surface area contributed by atoms with E-state index in [1.165, 1.54) is 23.1 Å². The van der Waals surface area contributed by atoms with Gasteiger partial charge in [-0.05, 0) is 43.5 Å². The van der Waals surface area contributed by atoms with Crippen molar-refractivity contribution in [1.82, 2.24) is 9.97 Å². The van der Waals surface area contributed by atoms with Crippen LogP contribution >= 0.6 is 34.7 Å². The molecule has 0 saturated carbocycles. The fourth-order valence-corrected chi connectivity index (χ4v) is 5.41. The average Bonchev–Trinajstić information content (AvgIpc) is 3.19. The minimum Gasteiger partial charge on any atom is -0.325 e. The van der Waals surface area contributed by atoms with Crippen molar-refractivity contribution in [1.29, 1.82) is 0 Å². The van der Waals surface area contributed by atoms with Gasteiger partial charge in [-0.15, -0.1) is 11.3 Å². The number of carbonyl (C=O) groups is 1. The molecule has 32 heavy (non-hydrogen) atoms. The molecule has 5 nitrogen and oxygen atoms in total. The lowest BCUT2D eigenvalue weighted by atomic mass is 10.1. The van der Waals surface area contributed by atoms with Crippen LogP contribution in [0.25, 0.3) is 21.3 Å². The van der Waals surface area contributed by atoms with E-state index >= 15 is 0 Å². The summed E-state index contributed by atoms with van der Waals surface area (Å²) < 4.78 is 0. The van der Waals surface area contributed by atoms with Crippen LogP contribution in [0.5, 0.6) is 0 Å². The zero-order chi connectivity index (χ0) is 22.8. The second-order valence-electron chi connectivity index (χ2n) is 7.53. The molecule has 0 radical (unpaired) electrons. The van der Waals surface area contributed by atoms with Crippen LogP contribution in [-0.4, -0.2) is 21.1 Å². The van der Waals surface area contributed by atoms with E-state index in [1.807, 2.05) is 56.5 Å². The number of thiophene rings is 1. The SMILES string of the molecule is CCC(Sc1nc2scc(-c3ccc(C)cc3)c2c(=O)[nH]1)C(=O)Nc1cc(Cl)ccc1C. The van der Waals surface area contributed by atoms with E-state index < -0.39 is 5.25 Å². The summed E-state index contributed by atoms with van der Waals surface area (Å²) in [6.45, 7) is 5.87. The Morgan fingerprint density at radius 3 is 2.69 bits per heavy atom. The number of fused-ring (bicyclic) bond motifs is 1. The molecule has 4 rings (SSSR count). The maximum atomic E-state index is 12.9. The van der Waals surface area contributed by atoms with Crippen molar-refractivity contribution >= 4 is 56.5 Å². The maximum Gasteiger partial charge on any atom is 0.260 e. The van der Waals surface area contributed by atoms with Gasteiger partial charge in [0.15, 0.2) is 5.16 Å². The Morgan fingerprint density at radius 2 is 1.97 bits per heavy atom. The first-order chi connectivity index (χ1) is 15.4. The summed E-state index contributed by atoms with van der Waals surface area (Å²) in [7, 11) is 0. The number of H-pyrrole nitrogens is 1. The number of aromatic amines is 1. The fraction of sp³-hybridized carbons (Fsp3) is 0.208. The standard InChI is InChI=1S/C24H22ClN3O2S2/c1-4-19(21(29)26-18-11-16(25)10-7-14(18)3)32-24-27-22(30)20-17(12-31-23(20)28-24)15-8-5-13(2)6-9-15/h5-12,19H,4H2,1-3H3,(H,26,29)(H,27,28,30). The van der Waals surface area contributed by atoms with Crippen molar-refractivity contribution in [2.45, 2.75) is 37.6 Å². The molecule has 2 aromatic heterocycles. The van der Waals surface area contributed by atoms with Gasteiger partial charge in [-0.25, -0.2) is 4.98 Å². The Kier molecular flexibility index (Phi) is 6.69.